The number of aromatic nitrogens is 1. The Morgan fingerprint density at radius 1 is 1.13 bits per heavy atom. The first kappa shape index (κ1) is 20.7. The van der Waals surface area contributed by atoms with E-state index in [0.717, 1.165) is 38.1 Å². The summed E-state index contributed by atoms with van der Waals surface area (Å²) in [5.74, 6) is -0.413. The number of rotatable bonds is 5. The van der Waals surface area contributed by atoms with E-state index in [0.29, 0.717) is 15.3 Å². The van der Waals surface area contributed by atoms with Crippen molar-refractivity contribution in [2.75, 3.05) is 49.2 Å². The molecule has 0 unspecified atom stereocenters. The molecule has 2 aromatic carbocycles. The predicted octanol–water partition coefficient (Wildman–Crippen LogP) is 2.60. The second-order valence-corrected chi connectivity index (χ2v) is 10.3. The van der Waals surface area contributed by atoms with Crippen LogP contribution in [0.15, 0.2) is 47.4 Å². The molecule has 2 heterocycles. The van der Waals surface area contributed by atoms with E-state index in [-0.39, 0.29) is 23.2 Å². The Kier molecular flexibility index (Phi) is 5.72. The predicted molar refractivity (Wildman–Crippen MR) is 116 cm³/mol. The molecule has 10 heteroatoms. The highest BCUT2D eigenvalue weighted by molar-refractivity contribution is 7.90. The number of sulfone groups is 1. The van der Waals surface area contributed by atoms with Crippen molar-refractivity contribution in [2.24, 2.45) is 0 Å². The number of carbonyl (C=O) groups excluding carboxylic acids is 1. The van der Waals surface area contributed by atoms with Gasteiger partial charge in [-0.15, -0.1) is 0 Å². The van der Waals surface area contributed by atoms with Crippen molar-refractivity contribution < 1.29 is 17.6 Å². The highest BCUT2D eigenvalue weighted by Crippen LogP contribution is 2.28. The third-order valence-electron chi connectivity index (χ3n) is 4.97. The lowest BCUT2D eigenvalue weighted by molar-refractivity contribution is -0.117. The summed E-state index contributed by atoms with van der Waals surface area (Å²) in [6.07, 6.45) is 1.16. The van der Waals surface area contributed by atoms with Gasteiger partial charge in [-0.05, 0) is 42.5 Å². The second-order valence-electron chi connectivity index (χ2n) is 7.21. The topological polar surface area (TPSA) is 82.6 Å². The second kappa shape index (κ2) is 8.29. The summed E-state index contributed by atoms with van der Waals surface area (Å²) in [5.41, 5.74) is 1.62. The number of carbonyl (C=O) groups is 1. The number of benzene rings is 2. The van der Waals surface area contributed by atoms with Gasteiger partial charge in [0.1, 0.15) is 5.82 Å². The summed E-state index contributed by atoms with van der Waals surface area (Å²) < 4.78 is 37.2. The van der Waals surface area contributed by atoms with Gasteiger partial charge in [0, 0.05) is 38.1 Å². The molecule has 3 aromatic rings. The fourth-order valence-corrected chi connectivity index (χ4v) is 5.01. The molecule has 1 aromatic heterocycles. The Morgan fingerprint density at radius 3 is 2.50 bits per heavy atom. The van der Waals surface area contributed by atoms with Crippen LogP contribution in [0.3, 0.4) is 0 Å². The van der Waals surface area contributed by atoms with Crippen molar-refractivity contribution in [1.29, 1.82) is 0 Å². The average Bonchev–Trinajstić information content (AvgIpc) is 3.10. The number of fused-ring (bicyclic) bond motifs is 1. The van der Waals surface area contributed by atoms with Crippen LogP contribution in [0.5, 0.6) is 0 Å². The molecule has 0 saturated carbocycles. The van der Waals surface area contributed by atoms with Crippen molar-refractivity contribution in [3.8, 4) is 0 Å². The molecular formula is C20H21FN4O3S2. The molecule has 158 valence electrons. The number of nitrogens with zero attached hydrogens (tertiary/aromatic N) is 3. The Labute approximate surface area is 178 Å². The molecule has 0 bridgehead atoms. The van der Waals surface area contributed by atoms with Gasteiger partial charge in [0.2, 0.25) is 5.91 Å². The van der Waals surface area contributed by atoms with Gasteiger partial charge >= 0.3 is 0 Å². The normalized spacial score (nSPS) is 15.5. The standard InChI is InChI=1S/C20H21FN4O3S2/c1-30(27,28)16-6-7-17-18(12-16)29-20(22-17)23-19(26)13-24-8-10-25(11-9-24)15-4-2-14(21)3-5-15/h2-7,12H,8-11,13H2,1H3,(H,22,23,26). The van der Waals surface area contributed by atoms with E-state index in [2.05, 4.69) is 20.1 Å². The minimum absolute atomic E-state index is 0.160. The van der Waals surface area contributed by atoms with Crippen molar-refractivity contribution in [2.45, 2.75) is 4.90 Å². The summed E-state index contributed by atoms with van der Waals surface area (Å²) in [5, 5.41) is 3.26. The molecule has 30 heavy (non-hydrogen) atoms. The molecule has 1 N–H and O–H groups in total. The zero-order valence-corrected chi connectivity index (χ0v) is 18.0. The highest BCUT2D eigenvalue weighted by atomic mass is 32.2. The SMILES string of the molecule is CS(=O)(=O)c1ccc2nc(NC(=O)CN3CCN(c4ccc(F)cc4)CC3)sc2c1. The lowest BCUT2D eigenvalue weighted by atomic mass is 10.2. The van der Waals surface area contributed by atoms with Gasteiger partial charge in [-0.1, -0.05) is 11.3 Å². The molecule has 0 radical (unpaired) electrons. The fourth-order valence-electron chi connectivity index (χ4n) is 3.37. The van der Waals surface area contributed by atoms with E-state index in [1.807, 2.05) is 0 Å². The third kappa shape index (κ3) is 4.77. The van der Waals surface area contributed by atoms with E-state index in [4.69, 9.17) is 0 Å². The van der Waals surface area contributed by atoms with Gasteiger partial charge in [0.15, 0.2) is 15.0 Å². The maximum absolute atomic E-state index is 13.1. The van der Waals surface area contributed by atoms with E-state index in [9.17, 15) is 17.6 Å². The van der Waals surface area contributed by atoms with Gasteiger partial charge in [-0.2, -0.15) is 0 Å². The monoisotopic (exact) mass is 448 g/mol. The summed E-state index contributed by atoms with van der Waals surface area (Å²) in [6, 6.07) is 11.2. The van der Waals surface area contributed by atoms with Gasteiger partial charge in [0.25, 0.3) is 0 Å². The molecule has 1 aliphatic rings. The average molecular weight is 449 g/mol. The molecule has 4 rings (SSSR count). The molecule has 7 nitrogen and oxygen atoms in total. The largest absolute Gasteiger partial charge is 0.369 e. The van der Waals surface area contributed by atoms with Crippen LogP contribution in [0.2, 0.25) is 0 Å². The molecule has 0 spiro atoms. The first-order valence-corrected chi connectivity index (χ1v) is 12.1. The summed E-state index contributed by atoms with van der Waals surface area (Å²) in [7, 11) is -3.29. The maximum atomic E-state index is 13.1. The lowest BCUT2D eigenvalue weighted by Crippen LogP contribution is -2.48. The summed E-state index contributed by atoms with van der Waals surface area (Å²) in [6.45, 7) is 3.22. The lowest BCUT2D eigenvalue weighted by Gasteiger charge is -2.35. The number of thiazole rings is 1. The molecule has 1 fully saturated rings. The number of hydrogen-bond donors (Lipinski definition) is 1. The van der Waals surface area contributed by atoms with Crippen LogP contribution in [0.4, 0.5) is 15.2 Å². The van der Waals surface area contributed by atoms with Crippen LogP contribution in [-0.4, -0.2) is 63.2 Å². The van der Waals surface area contributed by atoms with E-state index >= 15 is 0 Å². The first-order valence-electron chi connectivity index (χ1n) is 9.41. The number of hydrogen-bond acceptors (Lipinski definition) is 7. The van der Waals surface area contributed by atoms with Crippen LogP contribution in [-0.2, 0) is 14.6 Å². The van der Waals surface area contributed by atoms with Gasteiger partial charge < -0.3 is 10.2 Å². The summed E-state index contributed by atoms with van der Waals surface area (Å²) in [4.78, 5) is 21.3. The van der Waals surface area contributed by atoms with E-state index < -0.39 is 9.84 Å². The third-order valence-corrected chi connectivity index (χ3v) is 7.01. The number of nitrogens with one attached hydrogen (secondary N) is 1. The zero-order valence-electron chi connectivity index (χ0n) is 16.3. The van der Waals surface area contributed by atoms with Crippen LogP contribution >= 0.6 is 11.3 Å². The van der Waals surface area contributed by atoms with Crippen LogP contribution < -0.4 is 10.2 Å². The van der Waals surface area contributed by atoms with Crippen molar-refractivity contribution in [3.63, 3.8) is 0 Å². The van der Waals surface area contributed by atoms with Crippen LogP contribution in [0.1, 0.15) is 0 Å². The smallest absolute Gasteiger partial charge is 0.240 e. The number of anilines is 2. The van der Waals surface area contributed by atoms with Crippen molar-refractivity contribution in [1.82, 2.24) is 9.88 Å². The van der Waals surface area contributed by atoms with Gasteiger partial charge in [-0.25, -0.2) is 17.8 Å². The number of halogens is 1. The molecule has 1 amide bonds. The minimum Gasteiger partial charge on any atom is -0.369 e. The molecule has 1 saturated heterocycles. The molecule has 0 atom stereocenters. The first-order chi connectivity index (χ1) is 14.3. The highest BCUT2D eigenvalue weighted by Gasteiger charge is 2.20. The number of amides is 1. The van der Waals surface area contributed by atoms with Gasteiger partial charge in [-0.3, -0.25) is 9.69 Å². The number of piperazine rings is 1. The van der Waals surface area contributed by atoms with Crippen LogP contribution in [0.25, 0.3) is 10.2 Å². The Hall–Kier alpha value is -2.56. The quantitative estimate of drug-likeness (QED) is 0.646. The molecular weight excluding hydrogens is 427 g/mol. The van der Waals surface area contributed by atoms with E-state index in [1.165, 1.54) is 29.5 Å². The van der Waals surface area contributed by atoms with Gasteiger partial charge in [0.05, 0.1) is 21.7 Å². The Bertz CT molecular complexity index is 1170. The minimum atomic E-state index is -3.29. The Morgan fingerprint density at radius 2 is 1.83 bits per heavy atom. The van der Waals surface area contributed by atoms with E-state index in [1.54, 1.807) is 24.3 Å². The zero-order chi connectivity index (χ0) is 21.3. The summed E-state index contributed by atoms with van der Waals surface area (Å²) >= 11 is 1.25. The van der Waals surface area contributed by atoms with Crippen LogP contribution in [0, 0.1) is 5.82 Å². The Balaban J connectivity index is 1.33. The fraction of sp³-hybridized carbons (Fsp3) is 0.300. The van der Waals surface area contributed by atoms with Crippen molar-refractivity contribution >= 4 is 48.1 Å². The van der Waals surface area contributed by atoms with Crippen molar-refractivity contribution in [3.05, 3.63) is 48.3 Å². The molecule has 0 aliphatic carbocycles. The molecule has 1 aliphatic heterocycles. The maximum Gasteiger partial charge on any atom is 0.240 e.